The summed E-state index contributed by atoms with van der Waals surface area (Å²) in [6.45, 7) is 0. The van der Waals surface area contributed by atoms with Gasteiger partial charge in [-0.25, -0.2) is 9.78 Å². The second-order valence-corrected chi connectivity index (χ2v) is 7.40. The highest BCUT2D eigenvalue weighted by atomic mass is 79.9. The minimum absolute atomic E-state index is 0.0341. The molecule has 2 aromatic carbocycles. The number of aromatic carboxylic acids is 1. The van der Waals surface area contributed by atoms with E-state index in [1.54, 1.807) is 29.6 Å². The van der Waals surface area contributed by atoms with Crippen LogP contribution in [0.5, 0.6) is 0 Å². The molecule has 0 aliphatic heterocycles. The monoisotopic (exact) mass is 442 g/mol. The molecule has 0 bridgehead atoms. The van der Waals surface area contributed by atoms with Crippen molar-refractivity contribution in [3.8, 4) is 11.1 Å². The lowest BCUT2D eigenvalue weighted by molar-refractivity contribution is 0.0699. The van der Waals surface area contributed by atoms with Gasteiger partial charge in [0.25, 0.3) is 5.89 Å². The number of carboxylic acids is 1. The number of fused-ring (bicyclic) bond motifs is 1. The SMILES string of the molecule is O=C(Nc1scc(-c2ccc(Br)cc2)c1C(=O)O)c1nc2ccccc2o1. The van der Waals surface area contributed by atoms with Crippen molar-refractivity contribution in [2.24, 2.45) is 0 Å². The number of halogens is 1. The van der Waals surface area contributed by atoms with Crippen molar-refractivity contribution in [2.75, 3.05) is 5.32 Å². The first-order valence-electron chi connectivity index (χ1n) is 7.80. The fourth-order valence-electron chi connectivity index (χ4n) is 2.63. The normalized spacial score (nSPS) is 10.9. The van der Waals surface area contributed by atoms with E-state index in [0.717, 1.165) is 21.4 Å². The molecular formula is C19H11BrN2O4S. The molecule has 2 aromatic heterocycles. The molecule has 4 rings (SSSR count). The number of nitrogens with one attached hydrogen (secondary N) is 1. The van der Waals surface area contributed by atoms with Crippen molar-refractivity contribution in [1.82, 2.24) is 4.98 Å². The van der Waals surface area contributed by atoms with E-state index >= 15 is 0 Å². The average molecular weight is 443 g/mol. The van der Waals surface area contributed by atoms with Gasteiger partial charge in [-0.15, -0.1) is 11.3 Å². The number of oxazole rings is 1. The number of carbonyl (C=O) groups excluding carboxylic acids is 1. The van der Waals surface area contributed by atoms with Crippen LogP contribution in [0.25, 0.3) is 22.2 Å². The zero-order valence-electron chi connectivity index (χ0n) is 13.6. The molecule has 0 aliphatic rings. The molecule has 6 nitrogen and oxygen atoms in total. The standard InChI is InChI=1S/C19H11BrN2O4S/c20-11-7-5-10(6-8-11)12-9-27-18(15(12)19(24)25)22-16(23)17-21-13-3-1-2-4-14(13)26-17/h1-9H,(H,22,23)(H,24,25). The smallest absolute Gasteiger partial charge is 0.339 e. The first kappa shape index (κ1) is 17.4. The molecule has 2 N–H and O–H groups in total. The second kappa shape index (κ2) is 6.98. The number of nitrogens with zero attached hydrogens (tertiary/aromatic N) is 1. The first-order valence-corrected chi connectivity index (χ1v) is 9.48. The van der Waals surface area contributed by atoms with Gasteiger partial charge in [-0.2, -0.15) is 0 Å². The summed E-state index contributed by atoms with van der Waals surface area (Å²) in [6, 6.07) is 14.3. The van der Waals surface area contributed by atoms with E-state index < -0.39 is 11.9 Å². The van der Waals surface area contributed by atoms with Crippen LogP contribution in [0.1, 0.15) is 21.0 Å². The summed E-state index contributed by atoms with van der Waals surface area (Å²) in [5.41, 5.74) is 2.36. The van der Waals surface area contributed by atoms with Gasteiger partial charge in [0, 0.05) is 15.4 Å². The van der Waals surface area contributed by atoms with Gasteiger partial charge in [-0.1, -0.05) is 40.2 Å². The second-order valence-electron chi connectivity index (χ2n) is 5.61. The third-order valence-electron chi connectivity index (χ3n) is 3.88. The summed E-state index contributed by atoms with van der Waals surface area (Å²) in [7, 11) is 0. The minimum atomic E-state index is -1.12. The van der Waals surface area contributed by atoms with Gasteiger partial charge >= 0.3 is 11.9 Å². The molecule has 4 aromatic rings. The maximum Gasteiger partial charge on any atom is 0.339 e. The first-order chi connectivity index (χ1) is 13.0. The molecule has 0 saturated heterocycles. The fraction of sp³-hybridized carbons (Fsp3) is 0. The van der Waals surface area contributed by atoms with E-state index in [0.29, 0.717) is 16.7 Å². The van der Waals surface area contributed by atoms with Gasteiger partial charge in [0.1, 0.15) is 16.1 Å². The third-order valence-corrected chi connectivity index (χ3v) is 5.30. The van der Waals surface area contributed by atoms with E-state index in [1.807, 2.05) is 24.3 Å². The Bertz CT molecular complexity index is 1130. The topological polar surface area (TPSA) is 92.4 Å². The van der Waals surface area contributed by atoms with E-state index in [9.17, 15) is 14.7 Å². The summed E-state index contributed by atoms with van der Waals surface area (Å²) in [5, 5.41) is 14.2. The lowest BCUT2D eigenvalue weighted by Gasteiger charge is -2.04. The van der Waals surface area contributed by atoms with Crippen LogP contribution in [-0.2, 0) is 0 Å². The number of rotatable bonds is 4. The Morgan fingerprint density at radius 2 is 1.85 bits per heavy atom. The van der Waals surface area contributed by atoms with Crippen LogP contribution < -0.4 is 5.32 Å². The van der Waals surface area contributed by atoms with E-state index in [2.05, 4.69) is 26.2 Å². The number of aromatic nitrogens is 1. The van der Waals surface area contributed by atoms with Gasteiger partial charge in [0.15, 0.2) is 5.58 Å². The molecule has 0 aliphatic carbocycles. The van der Waals surface area contributed by atoms with E-state index in [-0.39, 0.29) is 16.5 Å². The lowest BCUT2D eigenvalue weighted by Crippen LogP contribution is -2.13. The van der Waals surface area contributed by atoms with Gasteiger partial charge in [-0.05, 0) is 29.8 Å². The summed E-state index contributed by atoms with van der Waals surface area (Å²) >= 11 is 4.50. The number of thiophene rings is 1. The molecule has 134 valence electrons. The zero-order valence-corrected chi connectivity index (χ0v) is 16.0. The molecule has 0 fully saturated rings. The Labute approximate surface area is 165 Å². The highest BCUT2D eigenvalue weighted by Gasteiger charge is 2.23. The average Bonchev–Trinajstić information content (AvgIpc) is 3.26. The van der Waals surface area contributed by atoms with Gasteiger partial charge in [-0.3, -0.25) is 4.79 Å². The Balaban J connectivity index is 1.68. The van der Waals surface area contributed by atoms with Crippen molar-refractivity contribution in [1.29, 1.82) is 0 Å². The Morgan fingerprint density at radius 3 is 2.56 bits per heavy atom. The van der Waals surface area contributed by atoms with Crippen molar-refractivity contribution in [2.45, 2.75) is 0 Å². The highest BCUT2D eigenvalue weighted by molar-refractivity contribution is 9.10. The van der Waals surface area contributed by atoms with Crippen LogP contribution in [0.15, 0.2) is 62.8 Å². The number of carboxylic acid groups (broad SMARTS) is 1. The number of carbonyl (C=O) groups is 2. The van der Waals surface area contributed by atoms with Crippen molar-refractivity contribution < 1.29 is 19.1 Å². The van der Waals surface area contributed by atoms with E-state index in [1.165, 1.54) is 0 Å². The Hall–Kier alpha value is -2.97. The number of benzene rings is 2. The van der Waals surface area contributed by atoms with Crippen LogP contribution in [0, 0.1) is 0 Å². The molecule has 0 saturated carbocycles. The summed E-state index contributed by atoms with van der Waals surface area (Å²) < 4.78 is 6.33. The quantitative estimate of drug-likeness (QED) is 0.448. The molecule has 8 heteroatoms. The summed E-state index contributed by atoms with van der Waals surface area (Å²) in [4.78, 5) is 28.4. The molecule has 0 radical (unpaired) electrons. The molecule has 0 spiro atoms. The maximum absolute atomic E-state index is 12.5. The molecule has 0 unspecified atom stereocenters. The van der Waals surface area contributed by atoms with Crippen LogP contribution in [0.3, 0.4) is 0 Å². The minimum Gasteiger partial charge on any atom is -0.478 e. The van der Waals surface area contributed by atoms with Crippen LogP contribution in [-0.4, -0.2) is 22.0 Å². The van der Waals surface area contributed by atoms with Crippen LogP contribution in [0.2, 0.25) is 0 Å². The van der Waals surface area contributed by atoms with Crippen molar-refractivity contribution in [3.05, 3.63) is 69.8 Å². The van der Waals surface area contributed by atoms with E-state index in [4.69, 9.17) is 4.42 Å². The molecule has 1 amide bonds. The van der Waals surface area contributed by atoms with Gasteiger partial charge < -0.3 is 14.8 Å². The number of amides is 1. The van der Waals surface area contributed by atoms with Crippen LogP contribution in [0.4, 0.5) is 5.00 Å². The molecular weight excluding hydrogens is 432 g/mol. The lowest BCUT2D eigenvalue weighted by atomic mass is 10.0. The van der Waals surface area contributed by atoms with Gasteiger partial charge in [0.05, 0.1) is 0 Å². The number of hydrogen-bond acceptors (Lipinski definition) is 5. The van der Waals surface area contributed by atoms with Crippen molar-refractivity contribution in [3.63, 3.8) is 0 Å². The third kappa shape index (κ3) is 3.36. The number of para-hydroxylation sites is 2. The van der Waals surface area contributed by atoms with Gasteiger partial charge in [0.2, 0.25) is 0 Å². The number of anilines is 1. The highest BCUT2D eigenvalue weighted by Crippen LogP contribution is 2.36. The summed E-state index contributed by atoms with van der Waals surface area (Å²) in [5.74, 6) is -1.84. The van der Waals surface area contributed by atoms with Crippen molar-refractivity contribution >= 4 is 55.2 Å². The molecule has 27 heavy (non-hydrogen) atoms. The largest absolute Gasteiger partial charge is 0.478 e. The number of hydrogen-bond donors (Lipinski definition) is 2. The Kier molecular flexibility index (Phi) is 4.51. The molecule has 2 heterocycles. The predicted octanol–water partition coefficient (Wildman–Crippen LogP) is 5.27. The zero-order chi connectivity index (χ0) is 19.0. The molecule has 0 atom stereocenters. The van der Waals surface area contributed by atoms with Crippen LogP contribution >= 0.6 is 27.3 Å². The Morgan fingerprint density at radius 1 is 1.11 bits per heavy atom. The maximum atomic E-state index is 12.5. The predicted molar refractivity (Wildman–Crippen MR) is 106 cm³/mol. The fourth-order valence-corrected chi connectivity index (χ4v) is 3.85. The summed E-state index contributed by atoms with van der Waals surface area (Å²) in [6.07, 6.45) is 0.